The van der Waals surface area contributed by atoms with Crippen LogP contribution in [0.1, 0.15) is 97.2 Å². The highest BCUT2D eigenvalue weighted by atomic mass is 32.1. The summed E-state index contributed by atoms with van der Waals surface area (Å²) in [7, 11) is 0. The second-order valence-electron chi connectivity index (χ2n) is 10.6. The zero-order chi connectivity index (χ0) is 28.2. The SMILES string of the molecule is CCCCCCN(C(=O)C(CS)NC(=O)OC(C)(C)C)C(C(=O)NC(C)CCC)c1cccc(C)c1O. The molecule has 0 fully saturated rings. The summed E-state index contributed by atoms with van der Waals surface area (Å²) in [5.41, 5.74) is 0.215. The summed E-state index contributed by atoms with van der Waals surface area (Å²) in [6.07, 6.45) is 4.50. The van der Waals surface area contributed by atoms with Crippen LogP contribution in [0.5, 0.6) is 5.75 Å². The van der Waals surface area contributed by atoms with Crippen LogP contribution >= 0.6 is 12.6 Å². The fraction of sp³-hybridized carbons (Fsp3) is 0.679. The number of phenolic OH excluding ortho intramolecular Hbond substituents is 1. The standard InChI is InChI=1S/C28H47N3O5S/c1-8-10-11-12-17-31(26(34)22(18-37)30-27(35)36-28(5,6)7)23(25(33)29-20(4)14-9-2)21-16-13-15-19(3)24(21)32/h13,15-16,20,22-23,32,37H,8-12,14,17-18H2,1-7H3,(H,29,33)(H,30,35). The molecule has 37 heavy (non-hydrogen) atoms. The average Bonchev–Trinajstić information content (AvgIpc) is 2.80. The number of aryl methyl sites for hydroxylation is 1. The second-order valence-corrected chi connectivity index (χ2v) is 11.0. The molecule has 3 N–H and O–H groups in total. The molecule has 0 saturated heterocycles. The van der Waals surface area contributed by atoms with Gasteiger partial charge in [-0.3, -0.25) is 9.59 Å². The van der Waals surface area contributed by atoms with Crippen LogP contribution in [0.2, 0.25) is 0 Å². The van der Waals surface area contributed by atoms with E-state index in [2.05, 4.69) is 30.2 Å². The Hall–Kier alpha value is -2.42. The molecule has 0 aromatic heterocycles. The van der Waals surface area contributed by atoms with Crippen LogP contribution in [-0.4, -0.2) is 57.9 Å². The number of hydrogen-bond donors (Lipinski definition) is 4. The molecule has 3 unspecified atom stereocenters. The van der Waals surface area contributed by atoms with Crippen molar-refractivity contribution in [1.82, 2.24) is 15.5 Å². The molecule has 0 saturated carbocycles. The lowest BCUT2D eigenvalue weighted by atomic mass is 9.98. The molecule has 0 radical (unpaired) electrons. The van der Waals surface area contributed by atoms with Crippen molar-refractivity contribution < 1.29 is 24.2 Å². The highest BCUT2D eigenvalue weighted by molar-refractivity contribution is 7.80. The number of benzene rings is 1. The second kappa shape index (κ2) is 15.7. The first-order chi connectivity index (χ1) is 17.4. The van der Waals surface area contributed by atoms with Gasteiger partial charge in [0.2, 0.25) is 11.8 Å². The van der Waals surface area contributed by atoms with Gasteiger partial charge in [-0.15, -0.1) is 0 Å². The molecule has 0 aliphatic rings. The highest BCUT2D eigenvalue weighted by Gasteiger charge is 2.37. The predicted octanol–water partition coefficient (Wildman–Crippen LogP) is 5.28. The van der Waals surface area contributed by atoms with Gasteiger partial charge in [-0.05, 0) is 53.0 Å². The van der Waals surface area contributed by atoms with Crippen LogP contribution in [-0.2, 0) is 14.3 Å². The lowest BCUT2D eigenvalue weighted by Crippen LogP contribution is -2.54. The van der Waals surface area contributed by atoms with Crippen molar-refractivity contribution in [3.8, 4) is 5.75 Å². The van der Waals surface area contributed by atoms with Crippen LogP contribution < -0.4 is 10.6 Å². The first kappa shape index (κ1) is 32.6. The normalized spacial score (nSPS) is 13.8. The Morgan fingerprint density at radius 1 is 1.08 bits per heavy atom. The monoisotopic (exact) mass is 537 g/mol. The number of carbonyl (C=O) groups is 3. The Morgan fingerprint density at radius 3 is 2.32 bits per heavy atom. The number of rotatable bonds is 14. The van der Waals surface area contributed by atoms with Gasteiger partial charge in [-0.25, -0.2) is 4.79 Å². The van der Waals surface area contributed by atoms with Gasteiger partial charge in [-0.1, -0.05) is 57.7 Å². The van der Waals surface area contributed by atoms with Crippen molar-refractivity contribution in [2.75, 3.05) is 12.3 Å². The van der Waals surface area contributed by atoms with Crippen LogP contribution in [0.15, 0.2) is 18.2 Å². The number of hydrogen-bond acceptors (Lipinski definition) is 6. The van der Waals surface area contributed by atoms with Crippen molar-refractivity contribution in [3.63, 3.8) is 0 Å². The Labute approximate surface area is 228 Å². The summed E-state index contributed by atoms with van der Waals surface area (Å²) >= 11 is 4.32. The van der Waals surface area contributed by atoms with Gasteiger partial charge in [0.25, 0.3) is 0 Å². The summed E-state index contributed by atoms with van der Waals surface area (Å²) in [5, 5.41) is 16.6. The molecule has 9 heteroatoms. The van der Waals surface area contributed by atoms with Gasteiger partial charge in [0.15, 0.2) is 0 Å². The van der Waals surface area contributed by atoms with E-state index in [1.807, 2.05) is 13.8 Å². The Kier molecular flexibility index (Phi) is 13.9. The van der Waals surface area contributed by atoms with Gasteiger partial charge in [0.1, 0.15) is 23.4 Å². The van der Waals surface area contributed by atoms with E-state index in [0.717, 1.165) is 32.1 Å². The zero-order valence-corrected chi connectivity index (χ0v) is 24.5. The quantitative estimate of drug-likeness (QED) is 0.191. The molecule has 0 heterocycles. The number of aromatic hydroxyl groups is 1. The minimum atomic E-state index is -1.07. The molecular weight excluding hydrogens is 490 g/mol. The molecule has 0 aliphatic carbocycles. The number of carbonyl (C=O) groups excluding carboxylic acids is 3. The molecule has 1 aromatic rings. The average molecular weight is 538 g/mol. The third-order valence-corrected chi connectivity index (χ3v) is 6.31. The van der Waals surface area contributed by atoms with E-state index in [1.54, 1.807) is 45.9 Å². The lowest BCUT2D eigenvalue weighted by molar-refractivity contribution is -0.142. The molecule has 0 spiro atoms. The zero-order valence-electron chi connectivity index (χ0n) is 23.6. The summed E-state index contributed by atoms with van der Waals surface area (Å²) in [6, 6.07) is 2.98. The maximum Gasteiger partial charge on any atom is 0.408 e. The largest absolute Gasteiger partial charge is 0.507 e. The van der Waals surface area contributed by atoms with E-state index in [1.165, 1.54) is 4.90 Å². The summed E-state index contributed by atoms with van der Waals surface area (Å²) in [5.74, 6) is -0.841. The van der Waals surface area contributed by atoms with Gasteiger partial charge in [-0.2, -0.15) is 12.6 Å². The molecular formula is C28H47N3O5S. The van der Waals surface area contributed by atoms with Gasteiger partial charge >= 0.3 is 6.09 Å². The molecule has 3 atom stereocenters. The van der Waals surface area contributed by atoms with Crippen LogP contribution in [0, 0.1) is 6.92 Å². The molecule has 3 amide bonds. The Balaban J connectivity index is 3.48. The maximum atomic E-state index is 13.9. The van der Waals surface area contributed by atoms with Gasteiger partial charge < -0.3 is 25.4 Å². The minimum absolute atomic E-state index is 0.0178. The number of para-hydroxylation sites is 1. The number of unbranched alkanes of at least 4 members (excludes halogenated alkanes) is 3. The third kappa shape index (κ3) is 10.8. The van der Waals surface area contributed by atoms with Crippen molar-refractivity contribution in [2.45, 2.75) is 111 Å². The van der Waals surface area contributed by atoms with Gasteiger partial charge in [0, 0.05) is 23.9 Å². The van der Waals surface area contributed by atoms with E-state index in [0.29, 0.717) is 17.5 Å². The Bertz CT molecular complexity index is 887. The van der Waals surface area contributed by atoms with Crippen LogP contribution in [0.3, 0.4) is 0 Å². The molecule has 0 bridgehead atoms. The molecule has 1 rings (SSSR count). The number of thiol groups is 1. The first-order valence-corrected chi connectivity index (χ1v) is 14.0. The summed E-state index contributed by atoms with van der Waals surface area (Å²) in [6.45, 7) is 13.3. The van der Waals surface area contributed by atoms with Crippen molar-refractivity contribution in [1.29, 1.82) is 0 Å². The lowest BCUT2D eigenvalue weighted by Gasteiger charge is -2.35. The third-order valence-electron chi connectivity index (χ3n) is 5.94. The van der Waals surface area contributed by atoms with E-state index in [4.69, 9.17) is 4.74 Å². The van der Waals surface area contributed by atoms with E-state index in [9.17, 15) is 19.5 Å². The topological polar surface area (TPSA) is 108 Å². The molecule has 8 nitrogen and oxygen atoms in total. The number of nitrogens with one attached hydrogen (secondary N) is 2. The van der Waals surface area contributed by atoms with Crippen molar-refractivity contribution in [2.24, 2.45) is 0 Å². The number of phenols is 1. The Morgan fingerprint density at radius 2 is 1.76 bits per heavy atom. The van der Waals surface area contributed by atoms with Crippen molar-refractivity contribution in [3.05, 3.63) is 29.3 Å². The number of amides is 3. The van der Waals surface area contributed by atoms with Crippen LogP contribution in [0.25, 0.3) is 0 Å². The van der Waals surface area contributed by atoms with E-state index >= 15 is 0 Å². The molecule has 210 valence electrons. The smallest absolute Gasteiger partial charge is 0.408 e. The van der Waals surface area contributed by atoms with Crippen molar-refractivity contribution >= 4 is 30.5 Å². The molecule has 0 aliphatic heterocycles. The van der Waals surface area contributed by atoms with E-state index in [-0.39, 0.29) is 30.0 Å². The molecule has 1 aromatic carbocycles. The van der Waals surface area contributed by atoms with E-state index < -0.39 is 29.7 Å². The fourth-order valence-corrected chi connectivity index (χ4v) is 4.34. The number of nitrogens with zero attached hydrogens (tertiary/aromatic N) is 1. The minimum Gasteiger partial charge on any atom is -0.507 e. The summed E-state index contributed by atoms with van der Waals surface area (Å²) in [4.78, 5) is 41.6. The van der Waals surface area contributed by atoms with Crippen LogP contribution in [0.4, 0.5) is 4.79 Å². The number of ether oxygens (including phenoxy) is 1. The fourth-order valence-electron chi connectivity index (χ4n) is 4.09. The first-order valence-electron chi connectivity index (χ1n) is 13.4. The van der Waals surface area contributed by atoms with Gasteiger partial charge in [0.05, 0.1) is 0 Å². The maximum absolute atomic E-state index is 13.9. The number of alkyl carbamates (subject to hydrolysis) is 1. The highest BCUT2D eigenvalue weighted by Crippen LogP contribution is 2.33. The predicted molar refractivity (Wildman–Crippen MR) is 151 cm³/mol. The summed E-state index contributed by atoms with van der Waals surface area (Å²) < 4.78 is 5.35.